The number of ether oxygens (including phenoxy) is 1. The van der Waals surface area contributed by atoms with Gasteiger partial charge in [-0.2, -0.15) is 13.2 Å². The summed E-state index contributed by atoms with van der Waals surface area (Å²) in [6, 6.07) is 0. The van der Waals surface area contributed by atoms with Crippen LogP contribution < -0.4 is 0 Å². The first kappa shape index (κ1) is 18.2. The van der Waals surface area contributed by atoms with E-state index in [2.05, 4.69) is 4.74 Å². The van der Waals surface area contributed by atoms with Gasteiger partial charge in [0.1, 0.15) is 0 Å². The predicted molar refractivity (Wildman–Crippen MR) is 59.5 cm³/mol. The second-order valence-electron chi connectivity index (χ2n) is 3.59. The first-order valence-electron chi connectivity index (χ1n) is 4.98. The van der Waals surface area contributed by atoms with Gasteiger partial charge in [0.05, 0.1) is 6.61 Å². The van der Waals surface area contributed by atoms with Crippen molar-refractivity contribution in [2.24, 2.45) is 0 Å². The van der Waals surface area contributed by atoms with Crippen LogP contribution in [-0.4, -0.2) is 45.8 Å². The van der Waals surface area contributed by atoms with E-state index in [9.17, 15) is 34.8 Å². The highest BCUT2D eigenvalue weighted by atomic mass is 32.3. The van der Waals surface area contributed by atoms with Crippen molar-refractivity contribution in [2.45, 2.75) is 29.9 Å². The largest absolute Gasteiger partial charge is 0.498 e. The van der Waals surface area contributed by atoms with E-state index in [0.717, 1.165) is 0 Å². The molecular formula is C8H13F3O6S2. The van der Waals surface area contributed by atoms with Gasteiger partial charge >= 0.3 is 11.5 Å². The van der Waals surface area contributed by atoms with Gasteiger partial charge in [-0.05, 0) is 13.3 Å². The molecule has 0 aromatic carbocycles. The van der Waals surface area contributed by atoms with Crippen LogP contribution in [0.15, 0.2) is 0 Å². The highest BCUT2D eigenvalue weighted by Gasteiger charge is 2.54. The SMILES string of the molecule is CCOC(=O)CCC(S(C)(=O)=O)S(=O)(=O)C(F)(F)F. The van der Waals surface area contributed by atoms with E-state index in [-0.39, 0.29) is 6.61 Å². The van der Waals surface area contributed by atoms with Gasteiger partial charge in [0, 0.05) is 12.7 Å². The number of rotatable bonds is 6. The van der Waals surface area contributed by atoms with Crippen LogP contribution in [0.3, 0.4) is 0 Å². The molecule has 0 saturated carbocycles. The molecule has 0 N–H and O–H groups in total. The van der Waals surface area contributed by atoms with Gasteiger partial charge in [-0.15, -0.1) is 0 Å². The number of carbonyl (C=O) groups excluding carboxylic acids is 1. The van der Waals surface area contributed by atoms with Gasteiger partial charge < -0.3 is 4.74 Å². The Morgan fingerprint density at radius 3 is 2.00 bits per heavy atom. The molecule has 1 unspecified atom stereocenters. The van der Waals surface area contributed by atoms with E-state index >= 15 is 0 Å². The lowest BCUT2D eigenvalue weighted by molar-refractivity contribution is -0.143. The first-order chi connectivity index (χ1) is 8.34. The highest BCUT2D eigenvalue weighted by molar-refractivity contribution is 8.09. The average molecular weight is 326 g/mol. The number of hydrogen-bond donors (Lipinski definition) is 0. The van der Waals surface area contributed by atoms with E-state index < -0.39 is 48.6 Å². The Balaban J connectivity index is 5.25. The monoisotopic (exact) mass is 326 g/mol. The fourth-order valence-corrected chi connectivity index (χ4v) is 4.66. The molecule has 11 heteroatoms. The lowest BCUT2D eigenvalue weighted by Crippen LogP contribution is -2.39. The second-order valence-corrected chi connectivity index (χ2v) is 8.24. The normalized spacial score (nSPS) is 15.0. The van der Waals surface area contributed by atoms with Crippen molar-refractivity contribution in [1.29, 1.82) is 0 Å². The van der Waals surface area contributed by atoms with Crippen LogP contribution in [0.5, 0.6) is 0 Å². The molecule has 6 nitrogen and oxygen atoms in total. The Kier molecular flexibility index (Phi) is 5.81. The number of hydrogen-bond acceptors (Lipinski definition) is 6. The topological polar surface area (TPSA) is 94.6 Å². The van der Waals surface area contributed by atoms with Crippen molar-refractivity contribution in [3.05, 3.63) is 0 Å². The summed E-state index contributed by atoms with van der Waals surface area (Å²) in [6.45, 7) is 1.40. The van der Waals surface area contributed by atoms with Gasteiger partial charge in [-0.1, -0.05) is 0 Å². The van der Waals surface area contributed by atoms with Crippen LogP contribution in [0.25, 0.3) is 0 Å². The summed E-state index contributed by atoms with van der Waals surface area (Å²) in [5.74, 6) is -0.964. The maximum Gasteiger partial charge on any atom is 0.498 e. The molecule has 0 aliphatic heterocycles. The standard InChI is InChI=1S/C8H13F3O6S2/c1-3-17-6(12)4-5-7(18(2,13)14)19(15,16)8(9,10)11/h7H,3-5H2,1-2H3. The highest BCUT2D eigenvalue weighted by Crippen LogP contribution is 2.31. The number of esters is 1. The number of carbonyl (C=O) groups is 1. The Hall–Kier alpha value is -0.840. The Labute approximate surface area is 108 Å². The molecule has 0 aromatic heterocycles. The third-order valence-corrected chi connectivity index (χ3v) is 6.61. The minimum Gasteiger partial charge on any atom is -0.466 e. The summed E-state index contributed by atoms with van der Waals surface area (Å²) in [4.78, 5) is 11.0. The molecule has 0 heterocycles. The molecule has 0 aliphatic rings. The Bertz CT molecular complexity index is 519. The maximum atomic E-state index is 12.3. The van der Waals surface area contributed by atoms with Gasteiger partial charge in [0.25, 0.3) is 9.84 Å². The van der Waals surface area contributed by atoms with Gasteiger partial charge in [-0.25, -0.2) is 16.8 Å². The summed E-state index contributed by atoms with van der Waals surface area (Å²) < 4.78 is 83.2. The van der Waals surface area contributed by atoms with Crippen LogP contribution in [0, 0.1) is 0 Å². The third kappa shape index (κ3) is 4.97. The third-order valence-electron chi connectivity index (χ3n) is 2.04. The van der Waals surface area contributed by atoms with Crippen molar-refractivity contribution < 1.29 is 39.5 Å². The van der Waals surface area contributed by atoms with E-state index in [1.54, 1.807) is 0 Å². The van der Waals surface area contributed by atoms with E-state index in [1.165, 1.54) is 6.92 Å². The molecule has 0 rings (SSSR count). The summed E-state index contributed by atoms with van der Waals surface area (Å²) in [5.41, 5.74) is -5.70. The minimum absolute atomic E-state index is 0.0472. The number of halogens is 3. The Morgan fingerprint density at radius 1 is 1.21 bits per heavy atom. The van der Waals surface area contributed by atoms with E-state index in [4.69, 9.17) is 0 Å². The molecule has 0 aliphatic carbocycles. The molecule has 0 fully saturated rings. The summed E-state index contributed by atoms with van der Waals surface area (Å²) >= 11 is 0. The van der Waals surface area contributed by atoms with Crippen molar-refractivity contribution in [3.63, 3.8) is 0 Å². The van der Waals surface area contributed by atoms with Crippen LogP contribution in [0.1, 0.15) is 19.8 Å². The summed E-state index contributed by atoms with van der Waals surface area (Å²) in [6.07, 6.45) is -1.37. The zero-order valence-corrected chi connectivity index (χ0v) is 11.7. The van der Waals surface area contributed by atoms with Crippen LogP contribution >= 0.6 is 0 Å². The predicted octanol–water partition coefficient (Wildman–Crippen LogP) is 0.635. The van der Waals surface area contributed by atoms with Crippen LogP contribution in [-0.2, 0) is 29.2 Å². The Morgan fingerprint density at radius 2 is 1.68 bits per heavy atom. The first-order valence-corrected chi connectivity index (χ1v) is 8.48. The minimum atomic E-state index is -5.90. The van der Waals surface area contributed by atoms with E-state index in [0.29, 0.717) is 6.26 Å². The summed E-state index contributed by atoms with van der Waals surface area (Å²) in [5, 5.41) is 0. The number of alkyl halides is 3. The average Bonchev–Trinajstić information content (AvgIpc) is 2.13. The molecule has 0 saturated heterocycles. The van der Waals surface area contributed by atoms with Crippen molar-refractivity contribution in [3.8, 4) is 0 Å². The second kappa shape index (κ2) is 6.07. The smallest absolute Gasteiger partial charge is 0.466 e. The molecule has 114 valence electrons. The fourth-order valence-electron chi connectivity index (χ4n) is 1.22. The van der Waals surface area contributed by atoms with Crippen LogP contribution in [0.4, 0.5) is 13.2 Å². The molecule has 1 atom stereocenters. The molecule has 0 bridgehead atoms. The van der Waals surface area contributed by atoms with Crippen LogP contribution in [0.2, 0.25) is 0 Å². The van der Waals surface area contributed by atoms with Crippen molar-refractivity contribution in [1.82, 2.24) is 0 Å². The molecule has 0 spiro atoms. The number of sulfone groups is 2. The molecule has 19 heavy (non-hydrogen) atoms. The zero-order chi connectivity index (χ0) is 15.5. The lowest BCUT2D eigenvalue weighted by Gasteiger charge is -2.17. The zero-order valence-electron chi connectivity index (χ0n) is 10.1. The summed E-state index contributed by atoms with van der Waals surface area (Å²) in [7, 11) is -10.4. The molecule has 0 radical (unpaired) electrons. The lowest BCUT2D eigenvalue weighted by atomic mass is 10.3. The van der Waals surface area contributed by atoms with Gasteiger partial charge in [0.15, 0.2) is 14.4 Å². The molecular weight excluding hydrogens is 313 g/mol. The van der Waals surface area contributed by atoms with Gasteiger partial charge in [0.2, 0.25) is 0 Å². The van der Waals surface area contributed by atoms with Crippen molar-refractivity contribution in [2.75, 3.05) is 12.9 Å². The molecule has 0 amide bonds. The maximum absolute atomic E-state index is 12.3. The van der Waals surface area contributed by atoms with Crippen molar-refractivity contribution >= 4 is 25.6 Å². The quantitative estimate of drug-likeness (QED) is 0.665. The van der Waals surface area contributed by atoms with E-state index in [1.807, 2.05) is 0 Å². The molecule has 0 aromatic rings. The van der Waals surface area contributed by atoms with Gasteiger partial charge in [-0.3, -0.25) is 4.79 Å². The fraction of sp³-hybridized carbons (Fsp3) is 0.875.